The number of aliphatic hydroxyl groups excluding tert-OH is 1. The van der Waals surface area contributed by atoms with Crippen LogP contribution in [0.5, 0.6) is 0 Å². The van der Waals surface area contributed by atoms with Crippen LogP contribution >= 0.6 is 0 Å². The number of nitrogens with one attached hydrogen (secondary N) is 1. The first kappa shape index (κ1) is 14.1. The summed E-state index contributed by atoms with van der Waals surface area (Å²) in [6.45, 7) is 9.16. The molecule has 0 aliphatic carbocycles. The Labute approximate surface area is 115 Å². The van der Waals surface area contributed by atoms with Crippen molar-refractivity contribution in [3.63, 3.8) is 0 Å². The van der Waals surface area contributed by atoms with Crippen molar-refractivity contribution < 1.29 is 5.11 Å². The molecule has 0 atom stereocenters. The molecule has 1 fully saturated rings. The number of aliphatic hydroxyl groups is 1. The monoisotopic (exact) mass is 264 g/mol. The van der Waals surface area contributed by atoms with Crippen molar-refractivity contribution in [3.8, 4) is 0 Å². The Morgan fingerprint density at radius 1 is 1.32 bits per heavy atom. The van der Waals surface area contributed by atoms with E-state index in [1.54, 1.807) is 6.33 Å². The van der Waals surface area contributed by atoms with E-state index in [9.17, 15) is 5.11 Å². The highest BCUT2D eigenvalue weighted by atomic mass is 16.3. The van der Waals surface area contributed by atoms with E-state index in [2.05, 4.69) is 41.0 Å². The number of nitrogens with zero attached hydrogens (tertiary/aromatic N) is 3. The molecule has 0 spiro atoms. The van der Waals surface area contributed by atoms with E-state index in [4.69, 9.17) is 0 Å². The van der Waals surface area contributed by atoms with Gasteiger partial charge in [-0.05, 0) is 18.3 Å². The number of rotatable bonds is 3. The first-order chi connectivity index (χ1) is 8.94. The Bertz CT molecular complexity index is 408. The predicted octanol–water partition coefficient (Wildman–Crippen LogP) is 1.90. The number of piperidine rings is 1. The molecule has 0 aromatic carbocycles. The van der Waals surface area contributed by atoms with Crippen molar-refractivity contribution in [2.24, 2.45) is 5.41 Å². The fraction of sp³-hybridized carbons (Fsp3) is 0.714. The van der Waals surface area contributed by atoms with Crippen LogP contribution in [0.1, 0.15) is 33.6 Å². The van der Waals surface area contributed by atoms with Gasteiger partial charge in [0, 0.05) is 25.7 Å². The highest BCUT2D eigenvalue weighted by Gasteiger charge is 2.18. The second-order valence-electron chi connectivity index (χ2n) is 6.39. The number of anilines is 2. The van der Waals surface area contributed by atoms with Crippen molar-refractivity contribution >= 4 is 11.6 Å². The minimum Gasteiger partial charge on any atom is -0.393 e. The van der Waals surface area contributed by atoms with Crippen LogP contribution in [0.15, 0.2) is 12.4 Å². The molecule has 2 heterocycles. The molecule has 2 rings (SSSR count). The second kappa shape index (κ2) is 5.74. The summed E-state index contributed by atoms with van der Waals surface area (Å²) in [7, 11) is 0. The molecule has 1 aromatic heterocycles. The maximum atomic E-state index is 9.53. The molecule has 1 aliphatic rings. The van der Waals surface area contributed by atoms with Gasteiger partial charge < -0.3 is 15.3 Å². The topological polar surface area (TPSA) is 61.3 Å². The zero-order valence-corrected chi connectivity index (χ0v) is 12.1. The van der Waals surface area contributed by atoms with Gasteiger partial charge in [-0.15, -0.1) is 0 Å². The summed E-state index contributed by atoms with van der Waals surface area (Å²) in [6.07, 6.45) is 3.08. The van der Waals surface area contributed by atoms with Gasteiger partial charge in [-0.2, -0.15) is 0 Å². The SMILES string of the molecule is CC(C)(C)CNc1cc(N2CCC(O)CC2)ncn1. The molecular weight excluding hydrogens is 240 g/mol. The Kier molecular flexibility index (Phi) is 4.24. The van der Waals surface area contributed by atoms with Gasteiger partial charge in [0.2, 0.25) is 0 Å². The molecular formula is C14H24N4O. The smallest absolute Gasteiger partial charge is 0.134 e. The highest BCUT2D eigenvalue weighted by Crippen LogP contribution is 2.20. The fourth-order valence-corrected chi connectivity index (χ4v) is 2.07. The third-order valence-corrected chi connectivity index (χ3v) is 3.24. The molecule has 106 valence electrons. The van der Waals surface area contributed by atoms with E-state index in [1.165, 1.54) is 0 Å². The second-order valence-corrected chi connectivity index (χ2v) is 6.39. The van der Waals surface area contributed by atoms with E-state index in [0.717, 1.165) is 44.1 Å². The number of hydrogen-bond donors (Lipinski definition) is 2. The van der Waals surface area contributed by atoms with Crippen LogP contribution in [0.2, 0.25) is 0 Å². The summed E-state index contributed by atoms with van der Waals surface area (Å²) < 4.78 is 0. The van der Waals surface area contributed by atoms with E-state index in [-0.39, 0.29) is 11.5 Å². The zero-order valence-electron chi connectivity index (χ0n) is 12.1. The molecule has 0 saturated carbocycles. The van der Waals surface area contributed by atoms with Crippen LogP contribution in [0, 0.1) is 5.41 Å². The lowest BCUT2D eigenvalue weighted by Crippen LogP contribution is -2.36. The summed E-state index contributed by atoms with van der Waals surface area (Å²) in [5.74, 6) is 1.81. The van der Waals surface area contributed by atoms with Crippen molar-refractivity contribution in [3.05, 3.63) is 12.4 Å². The standard InChI is InChI=1S/C14H24N4O/c1-14(2,3)9-15-12-8-13(17-10-16-12)18-6-4-11(19)5-7-18/h8,10-11,19H,4-7,9H2,1-3H3,(H,15,16,17). The molecule has 5 heteroatoms. The van der Waals surface area contributed by atoms with Crippen molar-refractivity contribution in [1.82, 2.24) is 9.97 Å². The lowest BCUT2D eigenvalue weighted by molar-refractivity contribution is 0.145. The molecule has 5 nitrogen and oxygen atoms in total. The Morgan fingerprint density at radius 2 is 2.00 bits per heavy atom. The third-order valence-electron chi connectivity index (χ3n) is 3.24. The van der Waals surface area contributed by atoms with Crippen LogP contribution in [0.25, 0.3) is 0 Å². The zero-order chi connectivity index (χ0) is 13.9. The van der Waals surface area contributed by atoms with Crippen molar-refractivity contribution in [2.75, 3.05) is 29.9 Å². The predicted molar refractivity (Wildman–Crippen MR) is 77.4 cm³/mol. The molecule has 0 amide bonds. The first-order valence-corrected chi connectivity index (χ1v) is 6.93. The lowest BCUT2D eigenvalue weighted by atomic mass is 9.97. The van der Waals surface area contributed by atoms with Gasteiger partial charge in [0.25, 0.3) is 0 Å². The molecule has 0 bridgehead atoms. The third kappa shape index (κ3) is 4.35. The van der Waals surface area contributed by atoms with Gasteiger partial charge in [-0.3, -0.25) is 0 Å². The average Bonchev–Trinajstić information content (AvgIpc) is 2.37. The molecule has 1 aliphatic heterocycles. The summed E-state index contributed by atoms with van der Waals surface area (Å²) in [5, 5.41) is 12.9. The van der Waals surface area contributed by atoms with Crippen LogP contribution in [-0.2, 0) is 0 Å². The molecule has 19 heavy (non-hydrogen) atoms. The van der Waals surface area contributed by atoms with E-state index in [0.29, 0.717) is 0 Å². The Balaban J connectivity index is 1.99. The number of aromatic nitrogens is 2. The normalized spacial score (nSPS) is 17.6. The number of hydrogen-bond acceptors (Lipinski definition) is 5. The average molecular weight is 264 g/mol. The summed E-state index contributed by atoms with van der Waals surface area (Å²) >= 11 is 0. The minimum atomic E-state index is -0.156. The summed E-state index contributed by atoms with van der Waals surface area (Å²) in [5.41, 5.74) is 0.223. The van der Waals surface area contributed by atoms with Gasteiger partial charge in [0.1, 0.15) is 18.0 Å². The fourth-order valence-electron chi connectivity index (χ4n) is 2.07. The molecule has 1 aromatic rings. The minimum absolute atomic E-state index is 0.156. The van der Waals surface area contributed by atoms with Gasteiger partial charge in [-0.1, -0.05) is 20.8 Å². The van der Waals surface area contributed by atoms with Gasteiger partial charge in [0.15, 0.2) is 0 Å². The van der Waals surface area contributed by atoms with Gasteiger partial charge in [0.05, 0.1) is 6.10 Å². The van der Waals surface area contributed by atoms with Crippen LogP contribution in [0.3, 0.4) is 0 Å². The van der Waals surface area contributed by atoms with E-state index >= 15 is 0 Å². The Hall–Kier alpha value is -1.36. The van der Waals surface area contributed by atoms with E-state index < -0.39 is 0 Å². The maximum Gasteiger partial charge on any atom is 0.134 e. The van der Waals surface area contributed by atoms with Crippen molar-refractivity contribution in [1.29, 1.82) is 0 Å². The Morgan fingerprint density at radius 3 is 2.63 bits per heavy atom. The van der Waals surface area contributed by atoms with Gasteiger partial charge in [-0.25, -0.2) is 9.97 Å². The van der Waals surface area contributed by atoms with Crippen LogP contribution < -0.4 is 10.2 Å². The molecule has 1 saturated heterocycles. The van der Waals surface area contributed by atoms with E-state index in [1.807, 2.05) is 6.07 Å². The molecule has 0 radical (unpaired) electrons. The maximum absolute atomic E-state index is 9.53. The van der Waals surface area contributed by atoms with Crippen molar-refractivity contribution in [2.45, 2.75) is 39.7 Å². The molecule has 2 N–H and O–H groups in total. The first-order valence-electron chi connectivity index (χ1n) is 6.93. The van der Waals surface area contributed by atoms with Crippen LogP contribution in [-0.4, -0.2) is 40.8 Å². The highest BCUT2D eigenvalue weighted by molar-refractivity contribution is 5.48. The largest absolute Gasteiger partial charge is 0.393 e. The van der Waals surface area contributed by atoms with Gasteiger partial charge >= 0.3 is 0 Å². The summed E-state index contributed by atoms with van der Waals surface area (Å²) in [4.78, 5) is 10.8. The lowest BCUT2D eigenvalue weighted by Gasteiger charge is -2.30. The van der Waals surface area contributed by atoms with Crippen LogP contribution in [0.4, 0.5) is 11.6 Å². The summed E-state index contributed by atoms with van der Waals surface area (Å²) in [6, 6.07) is 1.99. The quantitative estimate of drug-likeness (QED) is 0.873. The molecule has 0 unspecified atom stereocenters.